The molecular weight excluding hydrogens is 172 g/mol. The van der Waals surface area contributed by atoms with E-state index in [1.165, 1.54) is 12.3 Å². The number of rotatable bonds is 3. The van der Waals surface area contributed by atoms with E-state index in [-0.39, 0.29) is 5.56 Å². The Morgan fingerprint density at radius 2 is 2.42 bits per heavy atom. The lowest BCUT2D eigenvalue weighted by molar-refractivity contribution is 0.994. The maximum absolute atomic E-state index is 10.8. The molecule has 0 aliphatic heterocycles. The van der Waals surface area contributed by atoms with E-state index >= 15 is 0 Å². The third kappa shape index (κ3) is 3.09. The van der Waals surface area contributed by atoms with E-state index < -0.39 is 0 Å². The molecule has 1 aromatic heterocycles. The molecule has 0 saturated carbocycles. The number of nitrogens with zero attached hydrogens (tertiary/aromatic N) is 1. The zero-order chi connectivity index (χ0) is 8.97. The summed E-state index contributed by atoms with van der Waals surface area (Å²) < 4.78 is 0. The molecule has 0 aromatic carbocycles. The third-order valence-corrected chi connectivity index (χ3v) is 2.38. The first-order valence-electron chi connectivity index (χ1n) is 3.84. The fourth-order valence-corrected chi connectivity index (χ4v) is 1.37. The molecule has 1 heterocycles. The maximum atomic E-state index is 10.8. The van der Waals surface area contributed by atoms with Gasteiger partial charge in [-0.25, -0.2) is 4.98 Å². The van der Waals surface area contributed by atoms with E-state index in [1.807, 2.05) is 0 Å². The first-order valence-corrected chi connectivity index (χ1v) is 4.89. The molecule has 12 heavy (non-hydrogen) atoms. The van der Waals surface area contributed by atoms with E-state index in [0.717, 1.165) is 11.6 Å². The molecule has 0 aliphatic rings. The van der Waals surface area contributed by atoms with E-state index in [1.54, 1.807) is 11.8 Å². The highest BCUT2D eigenvalue weighted by molar-refractivity contribution is 7.99. The zero-order valence-corrected chi connectivity index (χ0v) is 8.02. The summed E-state index contributed by atoms with van der Waals surface area (Å²) in [7, 11) is 0. The Kier molecular flexibility index (Phi) is 3.34. The molecule has 4 heteroatoms. The number of hydrogen-bond acceptors (Lipinski definition) is 3. The quantitative estimate of drug-likeness (QED) is 0.772. The molecule has 3 nitrogen and oxygen atoms in total. The molecule has 0 aliphatic carbocycles. The molecule has 0 atom stereocenters. The van der Waals surface area contributed by atoms with Crippen LogP contribution >= 0.6 is 11.8 Å². The fraction of sp³-hybridized carbons (Fsp3) is 0.500. The molecule has 0 fully saturated rings. The van der Waals surface area contributed by atoms with Crippen LogP contribution in [-0.2, 0) is 5.75 Å². The summed E-state index contributed by atoms with van der Waals surface area (Å²) in [6, 6.07) is 1.42. The van der Waals surface area contributed by atoms with Crippen molar-refractivity contribution in [2.24, 2.45) is 0 Å². The molecule has 0 amide bonds. The zero-order valence-electron chi connectivity index (χ0n) is 7.20. The van der Waals surface area contributed by atoms with Gasteiger partial charge in [0.1, 0.15) is 5.82 Å². The van der Waals surface area contributed by atoms with Crippen LogP contribution in [0.4, 0.5) is 0 Å². The first-order chi connectivity index (χ1) is 5.68. The van der Waals surface area contributed by atoms with Crippen molar-refractivity contribution >= 4 is 11.8 Å². The van der Waals surface area contributed by atoms with Crippen LogP contribution in [0.2, 0.25) is 0 Å². The van der Waals surface area contributed by atoms with Crippen molar-refractivity contribution in [2.75, 3.05) is 0 Å². The first kappa shape index (κ1) is 9.32. The second kappa shape index (κ2) is 4.30. The minimum atomic E-state index is -0.0793. The van der Waals surface area contributed by atoms with Gasteiger partial charge in [-0.3, -0.25) is 4.79 Å². The summed E-state index contributed by atoms with van der Waals surface area (Å²) in [6.07, 6.45) is 1.54. The van der Waals surface area contributed by atoms with Crippen molar-refractivity contribution in [1.82, 2.24) is 9.97 Å². The smallest absolute Gasteiger partial charge is 0.250 e. The number of H-pyrrole nitrogens is 1. The largest absolute Gasteiger partial charge is 0.310 e. The third-order valence-electron chi connectivity index (χ3n) is 1.28. The van der Waals surface area contributed by atoms with Gasteiger partial charge < -0.3 is 4.98 Å². The molecule has 0 unspecified atom stereocenters. The standard InChI is InChI=1S/C8H12N2OS/c1-6(2)12-5-7-9-4-3-8(11)10-7/h3-4,6H,5H2,1-2H3,(H,9,10,11). The van der Waals surface area contributed by atoms with Gasteiger partial charge in [0, 0.05) is 12.3 Å². The van der Waals surface area contributed by atoms with Gasteiger partial charge in [-0.15, -0.1) is 0 Å². The van der Waals surface area contributed by atoms with Crippen LogP contribution in [0.5, 0.6) is 0 Å². The number of nitrogens with one attached hydrogen (secondary N) is 1. The Labute approximate surface area is 75.6 Å². The SMILES string of the molecule is CC(C)SCc1nccc(=O)[nH]1. The van der Waals surface area contributed by atoms with Crippen LogP contribution in [0.3, 0.4) is 0 Å². The maximum Gasteiger partial charge on any atom is 0.250 e. The van der Waals surface area contributed by atoms with Crippen LogP contribution in [0.15, 0.2) is 17.1 Å². The predicted molar refractivity (Wildman–Crippen MR) is 51.3 cm³/mol. The number of hydrogen-bond donors (Lipinski definition) is 1. The van der Waals surface area contributed by atoms with Gasteiger partial charge in [0.2, 0.25) is 0 Å². The number of aromatic nitrogens is 2. The van der Waals surface area contributed by atoms with Crippen molar-refractivity contribution in [2.45, 2.75) is 24.9 Å². The van der Waals surface area contributed by atoms with Gasteiger partial charge in [-0.1, -0.05) is 13.8 Å². The highest BCUT2D eigenvalue weighted by atomic mass is 32.2. The molecule has 1 aromatic rings. The fourth-order valence-electron chi connectivity index (χ4n) is 0.730. The minimum absolute atomic E-state index is 0.0793. The van der Waals surface area contributed by atoms with Crippen molar-refractivity contribution in [3.05, 3.63) is 28.4 Å². The second-order valence-corrected chi connectivity index (χ2v) is 4.31. The van der Waals surface area contributed by atoms with Crippen molar-refractivity contribution in [3.8, 4) is 0 Å². The van der Waals surface area contributed by atoms with Crippen LogP contribution in [0, 0.1) is 0 Å². The topological polar surface area (TPSA) is 45.8 Å². The Morgan fingerprint density at radius 1 is 1.67 bits per heavy atom. The summed E-state index contributed by atoms with van der Waals surface area (Å²) in [5.74, 6) is 1.52. The molecule has 0 radical (unpaired) electrons. The summed E-state index contributed by atoms with van der Waals surface area (Å²) in [5.41, 5.74) is -0.0793. The minimum Gasteiger partial charge on any atom is -0.310 e. The van der Waals surface area contributed by atoms with E-state index in [4.69, 9.17) is 0 Å². The Balaban J connectivity index is 2.58. The van der Waals surface area contributed by atoms with Crippen molar-refractivity contribution in [1.29, 1.82) is 0 Å². The summed E-state index contributed by atoms with van der Waals surface area (Å²) in [6.45, 7) is 4.23. The van der Waals surface area contributed by atoms with Gasteiger partial charge >= 0.3 is 0 Å². The lowest BCUT2D eigenvalue weighted by Gasteiger charge is -2.02. The van der Waals surface area contributed by atoms with E-state index in [9.17, 15) is 4.79 Å². The Morgan fingerprint density at radius 3 is 3.00 bits per heavy atom. The summed E-state index contributed by atoms with van der Waals surface area (Å²) in [5, 5.41) is 0.565. The molecule has 0 spiro atoms. The van der Waals surface area contributed by atoms with Gasteiger partial charge in [0.15, 0.2) is 0 Å². The number of thioether (sulfide) groups is 1. The van der Waals surface area contributed by atoms with Crippen LogP contribution in [0.1, 0.15) is 19.7 Å². The second-order valence-electron chi connectivity index (χ2n) is 2.74. The van der Waals surface area contributed by atoms with Gasteiger partial charge in [-0.2, -0.15) is 11.8 Å². The van der Waals surface area contributed by atoms with Crippen LogP contribution in [-0.4, -0.2) is 15.2 Å². The van der Waals surface area contributed by atoms with Crippen molar-refractivity contribution in [3.63, 3.8) is 0 Å². The predicted octanol–water partition coefficient (Wildman–Crippen LogP) is 1.41. The average Bonchev–Trinajstić information content (AvgIpc) is 2.01. The molecule has 1 rings (SSSR count). The summed E-state index contributed by atoms with van der Waals surface area (Å²) in [4.78, 5) is 17.5. The molecule has 1 N–H and O–H groups in total. The highest BCUT2D eigenvalue weighted by Gasteiger charge is 1.97. The average molecular weight is 184 g/mol. The molecule has 0 saturated heterocycles. The molecule has 0 bridgehead atoms. The van der Waals surface area contributed by atoms with Crippen LogP contribution in [0.25, 0.3) is 0 Å². The lowest BCUT2D eigenvalue weighted by atomic mass is 10.6. The normalized spacial score (nSPS) is 10.6. The Hall–Kier alpha value is -0.770. The van der Waals surface area contributed by atoms with Gasteiger partial charge in [0.05, 0.1) is 5.75 Å². The van der Waals surface area contributed by atoms with E-state index in [2.05, 4.69) is 23.8 Å². The monoisotopic (exact) mass is 184 g/mol. The number of aromatic amines is 1. The highest BCUT2D eigenvalue weighted by Crippen LogP contribution is 2.12. The molecule has 66 valence electrons. The Bertz CT molecular complexity index is 295. The lowest BCUT2D eigenvalue weighted by Crippen LogP contribution is -2.08. The van der Waals surface area contributed by atoms with Gasteiger partial charge in [0.25, 0.3) is 5.56 Å². The van der Waals surface area contributed by atoms with Gasteiger partial charge in [-0.05, 0) is 5.25 Å². The summed E-state index contributed by atoms with van der Waals surface area (Å²) >= 11 is 1.76. The molecular formula is C8H12N2OS. The van der Waals surface area contributed by atoms with Crippen molar-refractivity contribution < 1.29 is 0 Å². The van der Waals surface area contributed by atoms with Crippen LogP contribution < -0.4 is 5.56 Å². The van der Waals surface area contributed by atoms with E-state index in [0.29, 0.717) is 5.25 Å².